The molecule has 142 valence electrons. The quantitative estimate of drug-likeness (QED) is 0.530. The van der Waals surface area contributed by atoms with Crippen LogP contribution < -0.4 is 9.62 Å². The highest BCUT2D eigenvalue weighted by Crippen LogP contribution is 2.31. The van der Waals surface area contributed by atoms with Crippen LogP contribution in [-0.4, -0.2) is 27.6 Å². The summed E-state index contributed by atoms with van der Waals surface area (Å²) in [7, 11) is -1.83. The number of hydrogen-bond donors (Lipinski definition) is 1. The minimum absolute atomic E-state index is 0.185. The number of amides is 1. The zero-order valence-corrected chi connectivity index (χ0v) is 17.0. The molecule has 0 spiro atoms. The molecule has 4 aromatic rings. The van der Waals surface area contributed by atoms with Crippen LogP contribution in [-0.2, 0) is 10.0 Å². The highest BCUT2D eigenvalue weighted by Gasteiger charge is 2.15. The van der Waals surface area contributed by atoms with Crippen LogP contribution in [0.15, 0.2) is 66.7 Å². The Kier molecular flexibility index (Phi) is 4.56. The van der Waals surface area contributed by atoms with E-state index < -0.39 is 10.0 Å². The maximum absolute atomic E-state index is 12.8. The van der Waals surface area contributed by atoms with Gasteiger partial charge in [-0.1, -0.05) is 36.4 Å². The number of nitrogens with one attached hydrogen (secondary N) is 1. The van der Waals surface area contributed by atoms with Gasteiger partial charge in [-0.05, 0) is 41.1 Å². The summed E-state index contributed by atoms with van der Waals surface area (Å²) >= 11 is 1.38. The summed E-state index contributed by atoms with van der Waals surface area (Å²) in [6.07, 6.45) is 1.16. The van der Waals surface area contributed by atoms with E-state index in [2.05, 4.69) is 5.32 Å². The molecule has 0 atom stereocenters. The minimum atomic E-state index is -3.34. The van der Waals surface area contributed by atoms with E-state index in [1.807, 2.05) is 48.5 Å². The first kappa shape index (κ1) is 18.5. The number of anilines is 2. The van der Waals surface area contributed by atoms with Crippen LogP contribution >= 0.6 is 11.3 Å². The third-order valence-corrected chi connectivity index (χ3v) is 6.94. The number of carbonyl (C=O) groups is 1. The molecule has 1 amide bonds. The van der Waals surface area contributed by atoms with Crippen molar-refractivity contribution < 1.29 is 13.2 Å². The lowest BCUT2D eigenvalue weighted by atomic mass is 10.1. The average Bonchev–Trinajstić information content (AvgIpc) is 3.10. The number of carbonyl (C=O) groups excluding carboxylic acids is 1. The Bertz CT molecular complexity index is 1300. The maximum Gasteiger partial charge on any atom is 0.265 e. The van der Waals surface area contributed by atoms with E-state index in [0.29, 0.717) is 10.6 Å². The van der Waals surface area contributed by atoms with Gasteiger partial charge in [0, 0.05) is 22.8 Å². The molecule has 1 N–H and O–H groups in total. The van der Waals surface area contributed by atoms with Gasteiger partial charge in [-0.3, -0.25) is 9.10 Å². The Morgan fingerprint density at radius 3 is 2.50 bits per heavy atom. The first-order valence-electron chi connectivity index (χ1n) is 8.59. The van der Waals surface area contributed by atoms with Crippen molar-refractivity contribution in [3.05, 3.63) is 71.6 Å². The zero-order valence-electron chi connectivity index (χ0n) is 15.3. The molecular formula is C21H18N2O3S2. The molecule has 0 unspecified atom stereocenters. The number of thiophene rings is 1. The zero-order chi connectivity index (χ0) is 19.9. The Labute approximate surface area is 167 Å². The first-order chi connectivity index (χ1) is 13.3. The maximum atomic E-state index is 12.8. The average molecular weight is 411 g/mol. The lowest BCUT2D eigenvalue weighted by molar-refractivity contribution is 0.103. The van der Waals surface area contributed by atoms with E-state index in [1.165, 1.54) is 22.7 Å². The molecule has 0 aliphatic rings. The summed E-state index contributed by atoms with van der Waals surface area (Å²) < 4.78 is 25.7. The number of nitrogens with zero attached hydrogens (tertiary/aromatic N) is 1. The summed E-state index contributed by atoms with van der Waals surface area (Å²) in [6, 6.07) is 20.8. The highest BCUT2D eigenvalue weighted by atomic mass is 32.2. The topological polar surface area (TPSA) is 66.5 Å². The summed E-state index contributed by atoms with van der Waals surface area (Å²) in [6.45, 7) is 0. The first-order valence-corrected chi connectivity index (χ1v) is 11.3. The van der Waals surface area contributed by atoms with Crippen LogP contribution in [0.4, 0.5) is 11.4 Å². The molecule has 5 nitrogen and oxygen atoms in total. The van der Waals surface area contributed by atoms with Gasteiger partial charge in [-0.25, -0.2) is 8.42 Å². The highest BCUT2D eigenvalue weighted by molar-refractivity contribution is 7.92. The van der Waals surface area contributed by atoms with E-state index in [-0.39, 0.29) is 5.91 Å². The Morgan fingerprint density at radius 2 is 1.71 bits per heavy atom. The van der Waals surface area contributed by atoms with Gasteiger partial charge < -0.3 is 5.32 Å². The van der Waals surface area contributed by atoms with Crippen LogP contribution in [0.5, 0.6) is 0 Å². The van der Waals surface area contributed by atoms with Gasteiger partial charge in [0.05, 0.1) is 16.8 Å². The predicted octanol–water partition coefficient (Wildman–Crippen LogP) is 4.70. The Balaban J connectivity index is 1.66. The van der Waals surface area contributed by atoms with Gasteiger partial charge in [0.15, 0.2) is 0 Å². The molecular weight excluding hydrogens is 392 g/mol. The monoisotopic (exact) mass is 410 g/mol. The van der Waals surface area contributed by atoms with E-state index >= 15 is 0 Å². The largest absolute Gasteiger partial charge is 0.321 e. The van der Waals surface area contributed by atoms with Crippen molar-refractivity contribution in [3.8, 4) is 0 Å². The minimum Gasteiger partial charge on any atom is -0.321 e. The molecule has 0 saturated heterocycles. The fraction of sp³-hybridized carbons (Fsp3) is 0.0952. The second-order valence-electron chi connectivity index (χ2n) is 6.54. The van der Waals surface area contributed by atoms with Crippen LogP contribution in [0.25, 0.3) is 20.9 Å². The molecule has 7 heteroatoms. The van der Waals surface area contributed by atoms with Crippen LogP contribution in [0.2, 0.25) is 0 Å². The number of fused-ring (bicyclic) bond motifs is 2. The summed E-state index contributed by atoms with van der Waals surface area (Å²) in [5, 5.41) is 5.87. The fourth-order valence-electron chi connectivity index (χ4n) is 3.05. The SMILES string of the molecule is CN(c1ccc2sc(C(=O)Nc3cccc4ccccc34)cc2c1)S(C)(=O)=O. The Hall–Kier alpha value is -2.90. The predicted molar refractivity (Wildman–Crippen MR) is 117 cm³/mol. The van der Waals surface area contributed by atoms with Crippen molar-refractivity contribution in [1.82, 2.24) is 0 Å². The van der Waals surface area contributed by atoms with Crippen LogP contribution in [0, 0.1) is 0 Å². The van der Waals surface area contributed by atoms with Crippen molar-refractivity contribution >= 4 is 59.5 Å². The third-order valence-electron chi connectivity index (χ3n) is 4.62. The molecule has 4 rings (SSSR count). The number of benzene rings is 3. The second kappa shape index (κ2) is 6.92. The molecule has 1 aromatic heterocycles. The molecule has 0 aliphatic heterocycles. The van der Waals surface area contributed by atoms with Crippen molar-refractivity contribution in [3.63, 3.8) is 0 Å². The summed E-state index contributed by atoms with van der Waals surface area (Å²) in [5.41, 5.74) is 1.33. The van der Waals surface area contributed by atoms with Crippen molar-refractivity contribution in [1.29, 1.82) is 0 Å². The van der Waals surface area contributed by atoms with Gasteiger partial charge in [0.2, 0.25) is 10.0 Å². The van der Waals surface area contributed by atoms with E-state index in [9.17, 15) is 13.2 Å². The smallest absolute Gasteiger partial charge is 0.265 e. The molecule has 0 fully saturated rings. The molecule has 3 aromatic carbocycles. The number of hydrogen-bond acceptors (Lipinski definition) is 4. The lowest BCUT2D eigenvalue weighted by Crippen LogP contribution is -2.24. The van der Waals surface area contributed by atoms with E-state index in [0.717, 1.165) is 32.8 Å². The lowest BCUT2D eigenvalue weighted by Gasteiger charge is -2.16. The van der Waals surface area contributed by atoms with E-state index in [4.69, 9.17) is 0 Å². The van der Waals surface area contributed by atoms with Gasteiger partial charge >= 0.3 is 0 Å². The summed E-state index contributed by atoms with van der Waals surface area (Å²) in [4.78, 5) is 13.4. The molecule has 28 heavy (non-hydrogen) atoms. The van der Waals surface area contributed by atoms with Gasteiger partial charge in [0.1, 0.15) is 0 Å². The van der Waals surface area contributed by atoms with Crippen LogP contribution in [0.1, 0.15) is 9.67 Å². The molecule has 0 bridgehead atoms. The van der Waals surface area contributed by atoms with Gasteiger partial charge in [-0.15, -0.1) is 11.3 Å². The van der Waals surface area contributed by atoms with Crippen molar-refractivity contribution in [2.45, 2.75) is 0 Å². The van der Waals surface area contributed by atoms with Crippen molar-refractivity contribution in [2.75, 3.05) is 22.9 Å². The van der Waals surface area contributed by atoms with Gasteiger partial charge in [0.25, 0.3) is 5.91 Å². The van der Waals surface area contributed by atoms with Gasteiger partial charge in [-0.2, -0.15) is 0 Å². The number of rotatable bonds is 4. The van der Waals surface area contributed by atoms with Crippen LogP contribution in [0.3, 0.4) is 0 Å². The molecule has 0 aliphatic carbocycles. The molecule has 0 radical (unpaired) electrons. The standard InChI is InChI=1S/C21H18N2O3S2/c1-23(28(2,25)26)16-10-11-19-15(12-16)13-20(27-19)21(24)22-18-9-5-7-14-6-3-4-8-17(14)18/h3-13H,1-2H3,(H,22,24). The summed E-state index contributed by atoms with van der Waals surface area (Å²) in [5.74, 6) is -0.185. The van der Waals surface area contributed by atoms with Crippen molar-refractivity contribution in [2.24, 2.45) is 0 Å². The third kappa shape index (κ3) is 3.46. The normalized spacial score (nSPS) is 11.6. The fourth-order valence-corrected chi connectivity index (χ4v) is 4.48. The van der Waals surface area contributed by atoms with E-state index in [1.54, 1.807) is 18.2 Å². The second-order valence-corrected chi connectivity index (χ2v) is 9.64. The number of sulfonamides is 1. The molecule has 0 saturated carbocycles. The Morgan fingerprint density at radius 1 is 0.964 bits per heavy atom. The molecule has 1 heterocycles.